The maximum Gasteiger partial charge on any atom is 0.0295 e. The lowest BCUT2D eigenvalue weighted by atomic mass is 9.80. The highest BCUT2D eigenvalue weighted by Crippen LogP contribution is 2.31. The largest absolute Gasteiger partial charge is 0.327 e. The van der Waals surface area contributed by atoms with Crippen LogP contribution in [0.5, 0.6) is 0 Å². The van der Waals surface area contributed by atoms with Crippen LogP contribution in [0.15, 0.2) is 0 Å². The highest BCUT2D eigenvalue weighted by atomic mass is 15.2. The monoisotopic (exact) mass is 240 g/mol. The van der Waals surface area contributed by atoms with Crippen molar-refractivity contribution >= 4 is 0 Å². The van der Waals surface area contributed by atoms with Gasteiger partial charge in [-0.05, 0) is 38.1 Å². The Morgan fingerprint density at radius 3 is 2.35 bits per heavy atom. The molecular weight excluding hydrogens is 208 g/mol. The first kappa shape index (κ1) is 15.0. The van der Waals surface area contributed by atoms with E-state index in [1.54, 1.807) is 0 Å². The molecule has 1 aliphatic rings. The molecule has 102 valence electrons. The van der Waals surface area contributed by atoms with E-state index in [0.29, 0.717) is 6.04 Å². The Hall–Kier alpha value is -0.0800. The summed E-state index contributed by atoms with van der Waals surface area (Å²) in [5.41, 5.74) is 6.55. The molecule has 0 bridgehead atoms. The summed E-state index contributed by atoms with van der Waals surface area (Å²) in [7, 11) is 0. The lowest BCUT2D eigenvalue weighted by Gasteiger charge is -2.46. The van der Waals surface area contributed by atoms with Crippen molar-refractivity contribution < 1.29 is 0 Å². The first-order chi connectivity index (χ1) is 7.88. The van der Waals surface area contributed by atoms with Gasteiger partial charge in [-0.25, -0.2) is 0 Å². The molecule has 0 amide bonds. The molecule has 2 N–H and O–H groups in total. The standard InChI is InChI=1S/C15H32N2/c1-6-13-10-8-7-9-11-17(13)14(12(2)16)15(3,4)5/h12-14H,6-11,16H2,1-5H3. The third-order valence-corrected chi connectivity index (χ3v) is 4.14. The van der Waals surface area contributed by atoms with E-state index >= 15 is 0 Å². The predicted octanol–water partition coefficient (Wildman–Crippen LogP) is 3.40. The molecule has 0 aliphatic carbocycles. The van der Waals surface area contributed by atoms with Crippen LogP contribution in [0.2, 0.25) is 0 Å². The quantitative estimate of drug-likeness (QED) is 0.819. The van der Waals surface area contributed by atoms with Gasteiger partial charge in [-0.3, -0.25) is 4.90 Å². The summed E-state index contributed by atoms with van der Waals surface area (Å²) in [5, 5.41) is 0. The molecule has 3 atom stereocenters. The SMILES string of the molecule is CCC1CCCCCN1C(C(C)N)C(C)(C)C. The van der Waals surface area contributed by atoms with Crippen molar-refractivity contribution in [3.05, 3.63) is 0 Å². The van der Waals surface area contributed by atoms with Crippen LogP contribution in [0.4, 0.5) is 0 Å². The number of likely N-dealkylation sites (tertiary alicyclic amines) is 1. The van der Waals surface area contributed by atoms with E-state index in [-0.39, 0.29) is 11.5 Å². The Bertz CT molecular complexity index is 217. The highest BCUT2D eigenvalue weighted by molar-refractivity contribution is 4.92. The summed E-state index contributed by atoms with van der Waals surface area (Å²) in [6.45, 7) is 12.7. The molecule has 0 aromatic heterocycles. The van der Waals surface area contributed by atoms with E-state index in [1.807, 2.05) is 0 Å². The Morgan fingerprint density at radius 1 is 1.24 bits per heavy atom. The van der Waals surface area contributed by atoms with Crippen molar-refractivity contribution in [2.24, 2.45) is 11.1 Å². The van der Waals surface area contributed by atoms with Crippen molar-refractivity contribution in [2.45, 2.75) is 84.8 Å². The van der Waals surface area contributed by atoms with Crippen molar-refractivity contribution in [2.75, 3.05) is 6.54 Å². The minimum atomic E-state index is 0.252. The lowest BCUT2D eigenvalue weighted by Crippen LogP contribution is -2.56. The zero-order valence-corrected chi connectivity index (χ0v) is 12.5. The molecule has 1 aliphatic heterocycles. The third kappa shape index (κ3) is 3.96. The summed E-state index contributed by atoms with van der Waals surface area (Å²) in [5.74, 6) is 0. The highest BCUT2D eigenvalue weighted by Gasteiger charge is 2.36. The Kier molecular flexibility index (Phi) is 5.46. The average molecular weight is 240 g/mol. The zero-order valence-electron chi connectivity index (χ0n) is 12.5. The molecule has 0 saturated carbocycles. The van der Waals surface area contributed by atoms with Crippen LogP contribution in [0.25, 0.3) is 0 Å². The second-order valence-electron chi connectivity index (χ2n) is 6.82. The summed E-state index contributed by atoms with van der Waals surface area (Å²) in [6, 6.07) is 1.50. The normalized spacial score (nSPS) is 27.5. The van der Waals surface area contributed by atoms with E-state index in [0.717, 1.165) is 6.04 Å². The minimum absolute atomic E-state index is 0.252. The van der Waals surface area contributed by atoms with Crippen LogP contribution < -0.4 is 5.73 Å². The first-order valence-corrected chi connectivity index (χ1v) is 7.39. The van der Waals surface area contributed by atoms with E-state index in [9.17, 15) is 0 Å². The van der Waals surface area contributed by atoms with Crippen LogP contribution >= 0.6 is 0 Å². The van der Waals surface area contributed by atoms with Crippen LogP contribution in [-0.2, 0) is 0 Å². The van der Waals surface area contributed by atoms with Crippen LogP contribution in [-0.4, -0.2) is 29.6 Å². The van der Waals surface area contributed by atoms with Crippen molar-refractivity contribution in [3.63, 3.8) is 0 Å². The summed E-state index contributed by atoms with van der Waals surface area (Å²) in [4.78, 5) is 2.72. The van der Waals surface area contributed by atoms with Crippen molar-refractivity contribution in [1.82, 2.24) is 4.90 Å². The fourth-order valence-electron chi connectivity index (χ4n) is 3.59. The van der Waals surface area contributed by atoms with Crippen molar-refractivity contribution in [3.8, 4) is 0 Å². The Labute approximate surface area is 108 Å². The molecule has 1 heterocycles. The Balaban J connectivity index is 2.89. The van der Waals surface area contributed by atoms with Crippen LogP contribution in [0, 0.1) is 5.41 Å². The second kappa shape index (κ2) is 6.19. The number of hydrogen-bond acceptors (Lipinski definition) is 2. The second-order valence-corrected chi connectivity index (χ2v) is 6.82. The zero-order chi connectivity index (χ0) is 13.1. The van der Waals surface area contributed by atoms with E-state index < -0.39 is 0 Å². The van der Waals surface area contributed by atoms with Gasteiger partial charge in [0.05, 0.1) is 0 Å². The number of hydrogen-bond donors (Lipinski definition) is 1. The molecule has 1 saturated heterocycles. The third-order valence-electron chi connectivity index (χ3n) is 4.14. The molecule has 0 radical (unpaired) electrons. The maximum atomic E-state index is 6.28. The molecule has 2 heteroatoms. The molecule has 1 fully saturated rings. The van der Waals surface area contributed by atoms with Gasteiger partial charge in [0.25, 0.3) is 0 Å². The van der Waals surface area contributed by atoms with Gasteiger partial charge in [0.15, 0.2) is 0 Å². The van der Waals surface area contributed by atoms with Gasteiger partial charge in [-0.1, -0.05) is 40.5 Å². The molecule has 0 spiro atoms. The Morgan fingerprint density at radius 2 is 1.88 bits per heavy atom. The molecule has 3 unspecified atom stereocenters. The molecule has 0 aromatic rings. The summed E-state index contributed by atoms with van der Waals surface area (Å²) >= 11 is 0. The van der Waals surface area contributed by atoms with Gasteiger partial charge < -0.3 is 5.73 Å². The van der Waals surface area contributed by atoms with E-state index in [1.165, 1.54) is 38.6 Å². The van der Waals surface area contributed by atoms with Gasteiger partial charge in [-0.2, -0.15) is 0 Å². The number of nitrogens with zero attached hydrogens (tertiary/aromatic N) is 1. The van der Waals surface area contributed by atoms with Gasteiger partial charge in [0, 0.05) is 18.1 Å². The first-order valence-electron chi connectivity index (χ1n) is 7.39. The molecule has 17 heavy (non-hydrogen) atoms. The smallest absolute Gasteiger partial charge is 0.0295 e. The van der Waals surface area contributed by atoms with Gasteiger partial charge in [0.2, 0.25) is 0 Å². The summed E-state index contributed by atoms with van der Waals surface area (Å²) < 4.78 is 0. The van der Waals surface area contributed by atoms with Gasteiger partial charge in [0.1, 0.15) is 0 Å². The lowest BCUT2D eigenvalue weighted by molar-refractivity contribution is 0.0441. The van der Waals surface area contributed by atoms with E-state index in [2.05, 4.69) is 39.5 Å². The van der Waals surface area contributed by atoms with Crippen molar-refractivity contribution in [1.29, 1.82) is 0 Å². The minimum Gasteiger partial charge on any atom is -0.327 e. The molecule has 1 rings (SSSR count). The fraction of sp³-hybridized carbons (Fsp3) is 1.00. The van der Waals surface area contributed by atoms with Crippen LogP contribution in [0.1, 0.15) is 66.7 Å². The number of rotatable bonds is 3. The predicted molar refractivity (Wildman–Crippen MR) is 76.1 cm³/mol. The molecule has 0 aromatic carbocycles. The fourth-order valence-corrected chi connectivity index (χ4v) is 3.59. The van der Waals surface area contributed by atoms with Gasteiger partial charge in [-0.15, -0.1) is 0 Å². The maximum absolute atomic E-state index is 6.28. The average Bonchev–Trinajstić information content (AvgIpc) is 2.40. The van der Waals surface area contributed by atoms with E-state index in [4.69, 9.17) is 5.73 Å². The topological polar surface area (TPSA) is 29.3 Å². The number of nitrogens with two attached hydrogens (primary N) is 1. The van der Waals surface area contributed by atoms with Crippen LogP contribution in [0.3, 0.4) is 0 Å². The molecular formula is C15H32N2. The summed E-state index contributed by atoms with van der Waals surface area (Å²) in [6.07, 6.45) is 6.75. The van der Waals surface area contributed by atoms with Gasteiger partial charge >= 0.3 is 0 Å². The molecule has 2 nitrogen and oxygen atoms in total.